The van der Waals surface area contributed by atoms with Gasteiger partial charge in [0.1, 0.15) is 0 Å². The van der Waals surface area contributed by atoms with E-state index in [4.69, 9.17) is 27.9 Å². The van der Waals surface area contributed by atoms with Crippen LogP contribution in [0, 0.1) is 0 Å². The standard InChI is InChI=1S/C17H22Cl2N2O2.ClH/c18-12-3-4-13(14(19)10-12)17(5-8-23-9-6-17)11-21-16(22)15-2-1-7-20-15;/h3-4,10,15,20H,1-2,5-9,11H2,(H,21,22);1H. The summed E-state index contributed by atoms with van der Waals surface area (Å²) in [6, 6.07) is 5.55. The Morgan fingerprint density at radius 2 is 2.08 bits per heavy atom. The minimum Gasteiger partial charge on any atom is -0.381 e. The molecule has 0 saturated carbocycles. The minimum absolute atomic E-state index is 0. The summed E-state index contributed by atoms with van der Waals surface area (Å²) in [6.45, 7) is 2.85. The van der Waals surface area contributed by atoms with E-state index in [9.17, 15) is 4.79 Å². The number of amides is 1. The highest BCUT2D eigenvalue weighted by atomic mass is 35.5. The highest BCUT2D eigenvalue weighted by molar-refractivity contribution is 6.35. The fourth-order valence-corrected chi connectivity index (χ4v) is 4.12. The average Bonchev–Trinajstić information content (AvgIpc) is 3.08. The van der Waals surface area contributed by atoms with Crippen LogP contribution in [0.3, 0.4) is 0 Å². The van der Waals surface area contributed by atoms with Crippen molar-refractivity contribution in [2.45, 2.75) is 37.1 Å². The van der Waals surface area contributed by atoms with Crippen LogP contribution in [0.2, 0.25) is 10.0 Å². The van der Waals surface area contributed by atoms with E-state index in [1.807, 2.05) is 12.1 Å². The van der Waals surface area contributed by atoms with Gasteiger partial charge in [-0.15, -0.1) is 12.4 Å². The third-order valence-corrected chi connectivity index (χ3v) is 5.48. The van der Waals surface area contributed by atoms with Gasteiger partial charge >= 0.3 is 0 Å². The fraction of sp³-hybridized carbons (Fsp3) is 0.588. The summed E-state index contributed by atoms with van der Waals surface area (Å²) in [4.78, 5) is 12.3. The van der Waals surface area contributed by atoms with Crippen molar-refractivity contribution in [3.63, 3.8) is 0 Å². The van der Waals surface area contributed by atoms with E-state index in [1.165, 1.54) is 0 Å². The molecular weight excluding hydrogens is 371 g/mol. The van der Waals surface area contributed by atoms with E-state index >= 15 is 0 Å². The molecule has 2 N–H and O–H groups in total. The predicted octanol–water partition coefficient (Wildman–Crippen LogP) is 3.33. The van der Waals surface area contributed by atoms with Gasteiger partial charge in [0.05, 0.1) is 6.04 Å². The lowest BCUT2D eigenvalue weighted by Gasteiger charge is -2.38. The van der Waals surface area contributed by atoms with Gasteiger partial charge in [0.2, 0.25) is 5.91 Å². The van der Waals surface area contributed by atoms with E-state index in [2.05, 4.69) is 10.6 Å². The second-order valence-electron chi connectivity index (χ2n) is 6.38. The van der Waals surface area contributed by atoms with Crippen LogP contribution in [0.1, 0.15) is 31.2 Å². The van der Waals surface area contributed by atoms with Crippen molar-refractivity contribution < 1.29 is 9.53 Å². The smallest absolute Gasteiger partial charge is 0.237 e. The largest absolute Gasteiger partial charge is 0.381 e. The zero-order chi connectivity index (χ0) is 16.3. The molecule has 2 fully saturated rings. The maximum Gasteiger partial charge on any atom is 0.237 e. The molecule has 0 spiro atoms. The highest BCUT2D eigenvalue weighted by Gasteiger charge is 2.37. The summed E-state index contributed by atoms with van der Waals surface area (Å²) in [5, 5.41) is 7.65. The van der Waals surface area contributed by atoms with Gasteiger partial charge in [0, 0.05) is 35.2 Å². The Hall–Kier alpha value is -0.520. The van der Waals surface area contributed by atoms with E-state index in [-0.39, 0.29) is 29.8 Å². The summed E-state index contributed by atoms with van der Waals surface area (Å²) in [7, 11) is 0. The molecule has 24 heavy (non-hydrogen) atoms. The van der Waals surface area contributed by atoms with Crippen LogP contribution in [-0.2, 0) is 14.9 Å². The number of hydrogen-bond acceptors (Lipinski definition) is 3. The molecule has 1 atom stereocenters. The van der Waals surface area contributed by atoms with Crippen LogP contribution < -0.4 is 10.6 Å². The lowest BCUT2D eigenvalue weighted by molar-refractivity contribution is -0.123. The molecule has 1 aromatic carbocycles. The predicted molar refractivity (Wildman–Crippen MR) is 99.5 cm³/mol. The summed E-state index contributed by atoms with van der Waals surface area (Å²) >= 11 is 12.5. The van der Waals surface area contributed by atoms with E-state index in [0.29, 0.717) is 29.8 Å². The lowest BCUT2D eigenvalue weighted by atomic mass is 9.74. The van der Waals surface area contributed by atoms with E-state index < -0.39 is 0 Å². The molecule has 2 heterocycles. The van der Waals surface area contributed by atoms with Crippen LogP contribution in [-0.4, -0.2) is 38.3 Å². The number of rotatable bonds is 4. The second-order valence-corrected chi connectivity index (χ2v) is 7.23. The molecule has 134 valence electrons. The highest BCUT2D eigenvalue weighted by Crippen LogP contribution is 2.39. The average molecular weight is 394 g/mol. The van der Waals surface area contributed by atoms with Crippen molar-refractivity contribution in [2.75, 3.05) is 26.3 Å². The van der Waals surface area contributed by atoms with Crippen LogP contribution in [0.25, 0.3) is 0 Å². The molecule has 2 aliphatic rings. The molecule has 0 radical (unpaired) electrons. The van der Waals surface area contributed by atoms with Gasteiger partial charge in [0.25, 0.3) is 0 Å². The molecule has 0 aromatic heterocycles. The zero-order valence-corrected chi connectivity index (χ0v) is 15.8. The Morgan fingerprint density at radius 1 is 1.33 bits per heavy atom. The van der Waals surface area contributed by atoms with Gasteiger partial charge in [-0.1, -0.05) is 29.3 Å². The first-order valence-electron chi connectivity index (χ1n) is 8.15. The topological polar surface area (TPSA) is 50.4 Å². The minimum atomic E-state index is -0.186. The Labute approximate surface area is 159 Å². The molecule has 0 bridgehead atoms. The monoisotopic (exact) mass is 392 g/mol. The van der Waals surface area contributed by atoms with Crippen LogP contribution >= 0.6 is 35.6 Å². The summed E-state index contributed by atoms with van der Waals surface area (Å²) < 4.78 is 5.52. The van der Waals surface area contributed by atoms with Crippen LogP contribution in [0.5, 0.6) is 0 Å². The SMILES string of the molecule is Cl.O=C(NCC1(c2ccc(Cl)cc2Cl)CCOCC1)C1CCCN1. The van der Waals surface area contributed by atoms with Gasteiger partial charge in [0.15, 0.2) is 0 Å². The van der Waals surface area contributed by atoms with Crippen LogP contribution in [0.15, 0.2) is 18.2 Å². The quantitative estimate of drug-likeness (QED) is 0.825. The summed E-state index contributed by atoms with van der Waals surface area (Å²) in [6.07, 6.45) is 3.64. The van der Waals surface area contributed by atoms with Crippen molar-refractivity contribution in [1.29, 1.82) is 0 Å². The molecule has 4 nitrogen and oxygen atoms in total. The number of hydrogen-bond donors (Lipinski definition) is 2. The Balaban J connectivity index is 0.00000208. The third kappa shape index (κ3) is 4.36. The number of ether oxygens (including phenoxy) is 1. The number of halogens is 3. The fourth-order valence-electron chi connectivity index (χ4n) is 3.51. The zero-order valence-electron chi connectivity index (χ0n) is 13.4. The van der Waals surface area contributed by atoms with Gasteiger partial charge < -0.3 is 15.4 Å². The molecule has 1 amide bonds. The molecule has 1 aromatic rings. The Bertz CT molecular complexity index is 571. The molecule has 3 rings (SSSR count). The number of carbonyl (C=O) groups is 1. The number of benzene rings is 1. The summed E-state index contributed by atoms with van der Waals surface area (Å²) in [5.74, 6) is 0.0819. The normalized spacial score (nSPS) is 22.7. The molecule has 2 saturated heterocycles. The molecular formula is C17H23Cl3N2O2. The molecule has 7 heteroatoms. The van der Waals surface area contributed by atoms with E-state index in [0.717, 1.165) is 37.8 Å². The number of carbonyl (C=O) groups excluding carboxylic acids is 1. The Morgan fingerprint density at radius 3 is 2.71 bits per heavy atom. The third-order valence-electron chi connectivity index (χ3n) is 4.93. The maximum absolute atomic E-state index is 12.3. The molecule has 0 aliphatic carbocycles. The van der Waals surface area contributed by atoms with Crippen LogP contribution in [0.4, 0.5) is 0 Å². The molecule has 2 aliphatic heterocycles. The maximum atomic E-state index is 12.3. The van der Waals surface area contributed by atoms with Gasteiger partial charge in [-0.25, -0.2) is 0 Å². The van der Waals surface area contributed by atoms with Gasteiger partial charge in [-0.05, 0) is 49.9 Å². The first-order valence-corrected chi connectivity index (χ1v) is 8.91. The Kier molecular flexibility index (Phi) is 7.20. The second kappa shape index (κ2) is 8.72. The molecule has 1 unspecified atom stereocenters. The van der Waals surface area contributed by atoms with Gasteiger partial charge in [-0.2, -0.15) is 0 Å². The van der Waals surface area contributed by atoms with Crippen molar-refractivity contribution in [1.82, 2.24) is 10.6 Å². The summed E-state index contributed by atoms with van der Waals surface area (Å²) in [5.41, 5.74) is 0.861. The lowest BCUT2D eigenvalue weighted by Crippen LogP contribution is -2.48. The number of nitrogens with one attached hydrogen (secondary N) is 2. The van der Waals surface area contributed by atoms with Crippen molar-refractivity contribution in [2.24, 2.45) is 0 Å². The van der Waals surface area contributed by atoms with Gasteiger partial charge in [-0.3, -0.25) is 4.79 Å². The van der Waals surface area contributed by atoms with Crippen molar-refractivity contribution >= 4 is 41.5 Å². The first-order chi connectivity index (χ1) is 11.1. The van der Waals surface area contributed by atoms with E-state index in [1.54, 1.807) is 6.07 Å². The first kappa shape index (κ1) is 19.8. The van der Waals surface area contributed by atoms with Crippen molar-refractivity contribution in [3.05, 3.63) is 33.8 Å². The van der Waals surface area contributed by atoms with Crippen molar-refractivity contribution in [3.8, 4) is 0 Å².